The summed E-state index contributed by atoms with van der Waals surface area (Å²) in [4.78, 5) is 27.9. The van der Waals surface area contributed by atoms with Crippen molar-refractivity contribution >= 4 is 34.9 Å². The first-order valence-corrected chi connectivity index (χ1v) is 8.87. The molecule has 0 saturated carbocycles. The molecule has 134 valence electrons. The molecule has 2 heterocycles. The molecule has 0 spiro atoms. The average molecular weight is 389 g/mol. The van der Waals surface area contributed by atoms with Crippen LogP contribution in [0.3, 0.4) is 0 Å². The van der Waals surface area contributed by atoms with E-state index in [-0.39, 0.29) is 18.0 Å². The minimum Gasteiger partial charge on any atom is -0.352 e. The van der Waals surface area contributed by atoms with E-state index in [4.69, 9.17) is 0 Å². The highest BCUT2D eigenvalue weighted by atomic mass is 32.2. The molecule has 2 rings (SSSR count). The molecule has 0 atom stereocenters. The summed E-state index contributed by atoms with van der Waals surface area (Å²) >= 11 is 0.894. The Balaban J connectivity index is 1.78. The van der Waals surface area contributed by atoms with Gasteiger partial charge in [0.1, 0.15) is 5.03 Å². The molecule has 0 aromatic carbocycles. The molecule has 0 radical (unpaired) electrons. The number of alkyl halides is 3. The number of carbonyl (C=O) groups excluding carboxylic acids is 2. The van der Waals surface area contributed by atoms with Gasteiger partial charge in [0.2, 0.25) is 0 Å². The quantitative estimate of drug-likeness (QED) is 0.563. The summed E-state index contributed by atoms with van der Waals surface area (Å²) in [6.45, 7) is 0.558. The number of nitrogens with one attached hydrogen (secondary N) is 2. The van der Waals surface area contributed by atoms with Gasteiger partial charge in [0.05, 0.1) is 10.4 Å². The molecule has 2 aromatic rings. The first kappa shape index (κ1) is 19.3. The average Bonchev–Trinajstić information content (AvgIpc) is 3.07. The Kier molecular flexibility index (Phi) is 6.82. The van der Waals surface area contributed by atoms with Crippen LogP contribution >= 0.6 is 23.1 Å². The Morgan fingerprint density at radius 2 is 1.84 bits per heavy atom. The fourth-order valence-corrected chi connectivity index (χ4v) is 3.08. The van der Waals surface area contributed by atoms with Crippen LogP contribution in [0.5, 0.6) is 0 Å². The number of amides is 2. The molecule has 0 fully saturated rings. The fraction of sp³-hybridized carbons (Fsp3) is 0.267. The largest absolute Gasteiger partial charge is 0.447 e. The van der Waals surface area contributed by atoms with Gasteiger partial charge in [0.25, 0.3) is 11.8 Å². The summed E-state index contributed by atoms with van der Waals surface area (Å²) in [5, 5.41) is 6.62. The van der Waals surface area contributed by atoms with E-state index >= 15 is 0 Å². The van der Waals surface area contributed by atoms with Gasteiger partial charge in [-0.25, -0.2) is 4.98 Å². The molecule has 5 nitrogen and oxygen atoms in total. The van der Waals surface area contributed by atoms with Crippen molar-refractivity contribution in [3.63, 3.8) is 0 Å². The number of nitrogens with zero attached hydrogens (tertiary/aromatic N) is 1. The van der Waals surface area contributed by atoms with Crippen molar-refractivity contribution in [3.8, 4) is 0 Å². The second-order valence-corrected chi connectivity index (χ2v) is 6.75. The maximum Gasteiger partial charge on any atom is 0.447 e. The predicted molar refractivity (Wildman–Crippen MR) is 89.8 cm³/mol. The zero-order chi connectivity index (χ0) is 18.3. The summed E-state index contributed by atoms with van der Waals surface area (Å²) in [6.07, 6.45) is 1.65. The number of thiophene rings is 1. The van der Waals surface area contributed by atoms with Gasteiger partial charge in [-0.1, -0.05) is 6.07 Å². The highest BCUT2D eigenvalue weighted by Gasteiger charge is 2.32. The smallest absolute Gasteiger partial charge is 0.352 e. The van der Waals surface area contributed by atoms with E-state index in [2.05, 4.69) is 15.6 Å². The molecule has 0 unspecified atom stereocenters. The minimum atomic E-state index is -4.52. The number of hydrogen-bond acceptors (Lipinski definition) is 5. The van der Waals surface area contributed by atoms with Crippen LogP contribution in [0, 0.1) is 0 Å². The zero-order valence-electron chi connectivity index (χ0n) is 12.8. The molecular formula is C15H14F3N3O2S2. The topological polar surface area (TPSA) is 71.1 Å². The Morgan fingerprint density at radius 1 is 1.12 bits per heavy atom. The molecule has 0 aliphatic heterocycles. The third kappa shape index (κ3) is 6.39. The monoisotopic (exact) mass is 389 g/mol. The normalized spacial score (nSPS) is 11.2. The molecule has 0 saturated heterocycles. The van der Waals surface area contributed by atoms with Gasteiger partial charge in [-0.15, -0.1) is 11.3 Å². The van der Waals surface area contributed by atoms with Gasteiger partial charge >= 0.3 is 5.51 Å². The van der Waals surface area contributed by atoms with Gasteiger partial charge < -0.3 is 10.6 Å². The van der Waals surface area contributed by atoms with Crippen LogP contribution in [0.4, 0.5) is 13.2 Å². The highest BCUT2D eigenvalue weighted by Crippen LogP contribution is 2.37. The number of carbonyl (C=O) groups is 2. The number of halogens is 3. The van der Waals surface area contributed by atoms with Crippen LogP contribution in [-0.2, 0) is 0 Å². The number of thioether (sulfide) groups is 1. The van der Waals surface area contributed by atoms with Crippen molar-refractivity contribution in [2.75, 3.05) is 13.1 Å². The SMILES string of the molecule is O=C(NCCCNC(=O)c1cccnc1SC(F)(F)F)c1cccs1. The van der Waals surface area contributed by atoms with Crippen LogP contribution in [0.15, 0.2) is 40.9 Å². The van der Waals surface area contributed by atoms with E-state index in [1.165, 1.54) is 29.7 Å². The molecule has 2 aromatic heterocycles. The standard InChI is InChI=1S/C15H14F3N3O2S2/c16-15(17,18)25-14-10(4-1-6-21-14)12(22)19-7-3-8-20-13(23)11-5-2-9-24-11/h1-2,4-6,9H,3,7-8H2,(H,19,22)(H,20,23). The second-order valence-electron chi connectivity index (χ2n) is 4.75. The van der Waals surface area contributed by atoms with Crippen LogP contribution in [-0.4, -0.2) is 35.4 Å². The molecular weight excluding hydrogens is 375 g/mol. The molecule has 25 heavy (non-hydrogen) atoms. The van der Waals surface area contributed by atoms with Crippen molar-refractivity contribution in [2.45, 2.75) is 17.0 Å². The van der Waals surface area contributed by atoms with E-state index in [9.17, 15) is 22.8 Å². The van der Waals surface area contributed by atoms with E-state index in [0.29, 0.717) is 17.8 Å². The first-order valence-electron chi connectivity index (χ1n) is 7.17. The Bertz CT molecular complexity index is 721. The molecule has 0 bridgehead atoms. The van der Waals surface area contributed by atoms with Crippen molar-refractivity contribution in [3.05, 3.63) is 46.3 Å². The van der Waals surface area contributed by atoms with Gasteiger partial charge in [-0.05, 0) is 30.0 Å². The summed E-state index contributed by atoms with van der Waals surface area (Å²) < 4.78 is 37.4. The number of aromatic nitrogens is 1. The maximum absolute atomic E-state index is 12.5. The maximum atomic E-state index is 12.5. The van der Waals surface area contributed by atoms with E-state index in [1.807, 2.05) is 0 Å². The summed E-state index contributed by atoms with van der Waals surface area (Å²) in [7, 11) is 0. The van der Waals surface area contributed by atoms with Gasteiger partial charge in [0.15, 0.2) is 0 Å². The van der Waals surface area contributed by atoms with E-state index in [1.54, 1.807) is 17.5 Å². The molecule has 2 amide bonds. The number of pyridine rings is 1. The Labute approximate surface area is 150 Å². The number of hydrogen-bond donors (Lipinski definition) is 2. The highest BCUT2D eigenvalue weighted by molar-refractivity contribution is 8.00. The Morgan fingerprint density at radius 3 is 2.48 bits per heavy atom. The predicted octanol–water partition coefficient (Wildman–Crippen LogP) is 3.30. The van der Waals surface area contributed by atoms with Crippen molar-refractivity contribution in [1.82, 2.24) is 15.6 Å². The third-order valence-corrected chi connectivity index (χ3v) is 4.52. The zero-order valence-corrected chi connectivity index (χ0v) is 14.4. The van der Waals surface area contributed by atoms with Crippen LogP contribution in [0.25, 0.3) is 0 Å². The van der Waals surface area contributed by atoms with Crippen molar-refractivity contribution in [1.29, 1.82) is 0 Å². The van der Waals surface area contributed by atoms with Gasteiger partial charge in [-0.2, -0.15) is 13.2 Å². The summed E-state index contributed by atoms with van der Waals surface area (Å²) in [6, 6.07) is 6.15. The lowest BCUT2D eigenvalue weighted by Crippen LogP contribution is -2.30. The van der Waals surface area contributed by atoms with Crippen LogP contribution < -0.4 is 10.6 Å². The van der Waals surface area contributed by atoms with Crippen LogP contribution in [0.1, 0.15) is 26.5 Å². The molecule has 0 aliphatic carbocycles. The van der Waals surface area contributed by atoms with Crippen LogP contribution in [0.2, 0.25) is 0 Å². The summed E-state index contributed by atoms with van der Waals surface area (Å²) in [5.41, 5.74) is -4.65. The fourth-order valence-electron chi connectivity index (χ4n) is 1.84. The Hall–Kier alpha value is -2.07. The lowest BCUT2D eigenvalue weighted by Gasteiger charge is -2.10. The molecule has 0 aliphatic rings. The van der Waals surface area contributed by atoms with E-state index in [0.717, 1.165) is 0 Å². The second kappa shape index (κ2) is 8.86. The minimum absolute atomic E-state index is 0.132. The molecule has 10 heteroatoms. The lowest BCUT2D eigenvalue weighted by atomic mass is 10.2. The van der Waals surface area contributed by atoms with Crippen molar-refractivity contribution in [2.24, 2.45) is 0 Å². The summed E-state index contributed by atoms with van der Waals surface area (Å²) in [5.74, 6) is -0.832. The van der Waals surface area contributed by atoms with E-state index < -0.39 is 28.2 Å². The number of rotatable bonds is 7. The lowest BCUT2D eigenvalue weighted by molar-refractivity contribution is -0.0329. The van der Waals surface area contributed by atoms with Gasteiger partial charge in [0, 0.05) is 31.0 Å². The van der Waals surface area contributed by atoms with Gasteiger partial charge in [-0.3, -0.25) is 9.59 Å². The first-order chi connectivity index (χ1) is 11.9. The molecule has 2 N–H and O–H groups in total. The third-order valence-electron chi connectivity index (χ3n) is 2.90. The van der Waals surface area contributed by atoms with Crippen molar-refractivity contribution < 1.29 is 22.8 Å².